The van der Waals surface area contributed by atoms with Crippen molar-refractivity contribution in [1.82, 2.24) is 30.6 Å². The predicted octanol–water partition coefficient (Wildman–Crippen LogP) is 4.43. The van der Waals surface area contributed by atoms with Gasteiger partial charge in [0.05, 0.1) is 29.1 Å². The number of hydrogen-bond acceptors (Lipinski definition) is 10. The molecular weight excluding hydrogens is 538 g/mol. The molecule has 0 aliphatic carbocycles. The first-order chi connectivity index (χ1) is 20.1. The van der Waals surface area contributed by atoms with E-state index in [0.29, 0.717) is 29.0 Å². The Kier molecular flexibility index (Phi) is 7.88. The first-order valence-corrected chi connectivity index (χ1v) is 14.3. The van der Waals surface area contributed by atoms with Crippen molar-refractivity contribution in [2.45, 2.75) is 19.4 Å². The lowest BCUT2D eigenvalue weighted by Gasteiger charge is -2.32. The second-order valence-corrected chi connectivity index (χ2v) is 11.0. The summed E-state index contributed by atoms with van der Waals surface area (Å²) >= 11 is 0.884. The number of nitrogens with zero attached hydrogens (tertiary/aromatic N) is 5. The van der Waals surface area contributed by atoms with E-state index >= 15 is 0 Å². The molecule has 1 aromatic carbocycles. The van der Waals surface area contributed by atoms with Gasteiger partial charge in [-0.2, -0.15) is 0 Å². The Bertz CT molecular complexity index is 1630. The van der Waals surface area contributed by atoms with Crippen LogP contribution in [0.2, 0.25) is 0 Å². The summed E-state index contributed by atoms with van der Waals surface area (Å²) < 4.78 is 5.61. The third kappa shape index (κ3) is 6.06. The Hall–Kier alpha value is -4.35. The van der Waals surface area contributed by atoms with Crippen LogP contribution in [0.15, 0.2) is 66.0 Å². The molecule has 0 bridgehead atoms. The van der Waals surface area contributed by atoms with Crippen molar-refractivity contribution in [3.8, 4) is 17.0 Å². The smallest absolute Gasteiger partial charge is 0.290 e. The number of anilines is 1. The number of piperidine rings is 1. The lowest BCUT2D eigenvalue weighted by Crippen LogP contribution is -2.38. The fourth-order valence-corrected chi connectivity index (χ4v) is 5.82. The molecule has 208 valence electrons. The first-order valence-electron chi connectivity index (χ1n) is 13.5. The first kappa shape index (κ1) is 26.9. The van der Waals surface area contributed by atoms with Gasteiger partial charge in [-0.05, 0) is 66.7 Å². The van der Waals surface area contributed by atoms with Crippen LogP contribution in [0.25, 0.3) is 28.1 Å². The highest BCUT2D eigenvalue weighted by Gasteiger charge is 2.26. The molecule has 2 N–H and O–H groups in total. The SMILES string of the molecule is COc1ccc(-c2cncc3ccccc23)nc1CNCC1CCN(c2nccc(C=C3SC(=O)NC3=O)n2)CC1. The summed E-state index contributed by atoms with van der Waals surface area (Å²) in [5.41, 5.74) is 3.34. The monoisotopic (exact) mass is 567 g/mol. The highest BCUT2D eigenvalue weighted by Crippen LogP contribution is 2.29. The van der Waals surface area contributed by atoms with Crippen molar-refractivity contribution >= 4 is 45.7 Å². The Morgan fingerprint density at radius 3 is 2.76 bits per heavy atom. The van der Waals surface area contributed by atoms with Crippen LogP contribution < -0.4 is 20.3 Å². The number of methoxy groups -OCH3 is 1. The van der Waals surface area contributed by atoms with Crippen molar-refractivity contribution in [2.75, 3.05) is 31.6 Å². The quantitative estimate of drug-likeness (QED) is 0.296. The van der Waals surface area contributed by atoms with Crippen molar-refractivity contribution in [2.24, 2.45) is 5.92 Å². The number of fused-ring (bicyclic) bond motifs is 1. The number of imide groups is 1. The van der Waals surface area contributed by atoms with Gasteiger partial charge < -0.3 is 15.0 Å². The summed E-state index contributed by atoms with van der Waals surface area (Å²) in [5.74, 6) is 1.51. The van der Waals surface area contributed by atoms with Crippen LogP contribution in [0.3, 0.4) is 0 Å². The highest BCUT2D eigenvalue weighted by molar-refractivity contribution is 8.18. The van der Waals surface area contributed by atoms with Gasteiger partial charge in [-0.15, -0.1) is 0 Å². The standard InChI is InChI=1S/C30H29N7O3S/c1-40-26-7-6-24(23-17-32-16-20-4-2-3-5-22(20)23)35-25(26)18-31-15-19-9-12-37(13-10-19)29-33-11-8-21(34-29)14-27-28(38)36-30(39)41-27/h2-8,11,14,16-17,19,31H,9-10,12-13,15,18H2,1H3,(H,36,38,39). The zero-order valence-corrected chi connectivity index (χ0v) is 23.4. The number of amides is 2. The van der Waals surface area contributed by atoms with E-state index in [1.54, 1.807) is 25.4 Å². The number of rotatable bonds is 8. The molecule has 6 rings (SSSR count). The number of nitrogens with one attached hydrogen (secondary N) is 2. The molecule has 2 saturated heterocycles. The maximum absolute atomic E-state index is 11.9. The number of carbonyl (C=O) groups excluding carboxylic acids is 2. The van der Waals surface area contributed by atoms with E-state index in [1.165, 1.54) is 0 Å². The maximum atomic E-state index is 11.9. The molecule has 2 aliphatic heterocycles. The second kappa shape index (κ2) is 12.0. The molecule has 0 unspecified atom stereocenters. The van der Waals surface area contributed by atoms with Crippen LogP contribution in [-0.2, 0) is 11.3 Å². The number of carbonyl (C=O) groups is 2. The largest absolute Gasteiger partial charge is 0.495 e. The van der Waals surface area contributed by atoms with E-state index < -0.39 is 5.91 Å². The average Bonchev–Trinajstić information content (AvgIpc) is 3.33. The molecule has 2 fully saturated rings. The number of pyridine rings is 2. The van der Waals surface area contributed by atoms with Crippen LogP contribution in [-0.4, -0.2) is 57.8 Å². The fraction of sp³-hybridized carbons (Fsp3) is 0.267. The van der Waals surface area contributed by atoms with E-state index in [0.717, 1.165) is 77.7 Å². The molecule has 41 heavy (non-hydrogen) atoms. The molecule has 10 nitrogen and oxygen atoms in total. The van der Waals surface area contributed by atoms with Crippen molar-refractivity contribution < 1.29 is 14.3 Å². The maximum Gasteiger partial charge on any atom is 0.290 e. The zero-order chi connectivity index (χ0) is 28.2. The highest BCUT2D eigenvalue weighted by atomic mass is 32.2. The van der Waals surface area contributed by atoms with Gasteiger partial charge in [0.15, 0.2) is 0 Å². The Morgan fingerprint density at radius 1 is 1.10 bits per heavy atom. The van der Waals surface area contributed by atoms with Gasteiger partial charge in [-0.1, -0.05) is 24.3 Å². The van der Waals surface area contributed by atoms with Crippen LogP contribution in [0.1, 0.15) is 24.2 Å². The van der Waals surface area contributed by atoms with E-state index in [-0.39, 0.29) is 5.24 Å². The minimum atomic E-state index is -0.390. The molecule has 0 spiro atoms. The molecule has 4 aromatic rings. The lowest BCUT2D eigenvalue weighted by atomic mass is 9.97. The summed E-state index contributed by atoms with van der Waals surface area (Å²) in [7, 11) is 1.67. The molecule has 0 saturated carbocycles. The minimum Gasteiger partial charge on any atom is -0.495 e. The topological polar surface area (TPSA) is 122 Å². The molecule has 0 atom stereocenters. The van der Waals surface area contributed by atoms with Crippen LogP contribution in [0.5, 0.6) is 5.75 Å². The molecule has 3 aromatic heterocycles. The van der Waals surface area contributed by atoms with Gasteiger partial charge in [0.25, 0.3) is 11.1 Å². The summed E-state index contributed by atoms with van der Waals surface area (Å²) in [5, 5.41) is 7.69. The van der Waals surface area contributed by atoms with Crippen molar-refractivity contribution in [3.63, 3.8) is 0 Å². The van der Waals surface area contributed by atoms with Gasteiger partial charge in [0, 0.05) is 49.2 Å². The Morgan fingerprint density at radius 2 is 1.95 bits per heavy atom. The number of aromatic nitrogens is 4. The lowest BCUT2D eigenvalue weighted by molar-refractivity contribution is -0.115. The van der Waals surface area contributed by atoms with E-state index in [4.69, 9.17) is 9.72 Å². The van der Waals surface area contributed by atoms with Gasteiger partial charge in [0.2, 0.25) is 5.95 Å². The minimum absolute atomic E-state index is 0.342. The predicted molar refractivity (Wildman–Crippen MR) is 159 cm³/mol. The van der Waals surface area contributed by atoms with Gasteiger partial charge >= 0.3 is 0 Å². The van der Waals surface area contributed by atoms with Crippen molar-refractivity contribution in [1.29, 1.82) is 0 Å². The summed E-state index contributed by atoms with van der Waals surface area (Å²) in [4.78, 5) is 44.2. The average molecular weight is 568 g/mol. The number of thioether (sulfide) groups is 1. The molecule has 5 heterocycles. The molecule has 2 amide bonds. The third-order valence-corrected chi connectivity index (χ3v) is 8.12. The Balaban J connectivity index is 1.06. The number of ether oxygens (including phenoxy) is 1. The molecule has 0 radical (unpaired) electrons. The van der Waals surface area contributed by atoms with Gasteiger partial charge in [-0.25, -0.2) is 15.0 Å². The van der Waals surface area contributed by atoms with Crippen LogP contribution in [0, 0.1) is 5.92 Å². The fourth-order valence-electron chi connectivity index (χ4n) is 5.15. The van der Waals surface area contributed by atoms with Crippen molar-refractivity contribution in [3.05, 3.63) is 77.3 Å². The van der Waals surface area contributed by atoms with E-state index in [9.17, 15) is 9.59 Å². The summed E-state index contributed by atoms with van der Waals surface area (Å²) in [6.45, 7) is 3.14. The van der Waals surface area contributed by atoms with Gasteiger partial charge in [0.1, 0.15) is 5.75 Å². The van der Waals surface area contributed by atoms with Crippen LogP contribution >= 0.6 is 11.8 Å². The van der Waals surface area contributed by atoms with Gasteiger partial charge in [-0.3, -0.25) is 19.9 Å². The summed E-state index contributed by atoms with van der Waals surface area (Å²) in [6.07, 6.45) is 9.05. The molecular formula is C30H29N7O3S. The molecule has 11 heteroatoms. The number of benzene rings is 1. The second-order valence-electron chi connectivity index (χ2n) is 9.95. The summed E-state index contributed by atoms with van der Waals surface area (Å²) in [6, 6.07) is 13.9. The molecule has 2 aliphatic rings. The Labute approximate surface area is 241 Å². The van der Waals surface area contributed by atoms with E-state index in [1.807, 2.05) is 36.7 Å². The zero-order valence-electron chi connectivity index (χ0n) is 22.5. The van der Waals surface area contributed by atoms with Crippen LogP contribution in [0.4, 0.5) is 10.7 Å². The third-order valence-electron chi connectivity index (χ3n) is 7.30. The van der Waals surface area contributed by atoms with E-state index in [2.05, 4.69) is 42.6 Å². The normalized spacial score (nSPS) is 16.9. The number of hydrogen-bond donors (Lipinski definition) is 2.